The first kappa shape index (κ1) is 14.6. The molecule has 1 heterocycles. The van der Waals surface area contributed by atoms with Gasteiger partial charge in [-0.25, -0.2) is 0 Å². The van der Waals surface area contributed by atoms with Crippen molar-refractivity contribution < 1.29 is 13.2 Å². The van der Waals surface area contributed by atoms with Crippen LogP contribution in [0.15, 0.2) is 41.6 Å². The molecular formula is C14H18N2O3S. The molecule has 5 nitrogen and oxygen atoms in total. The van der Waals surface area contributed by atoms with Gasteiger partial charge in [-0.3, -0.25) is 0 Å². The summed E-state index contributed by atoms with van der Waals surface area (Å²) >= 11 is 0. The lowest BCUT2D eigenvalue weighted by atomic mass is 10.0. The summed E-state index contributed by atoms with van der Waals surface area (Å²) in [7, 11) is -3.72. The summed E-state index contributed by atoms with van der Waals surface area (Å²) in [5, 5.41) is 3.81. The van der Waals surface area contributed by atoms with Gasteiger partial charge in [0.25, 0.3) is 10.0 Å². The van der Waals surface area contributed by atoms with E-state index in [2.05, 4.69) is 5.10 Å². The minimum Gasteiger partial charge on any atom is -0.492 e. The molecule has 0 atom stereocenters. The lowest BCUT2D eigenvalue weighted by Gasteiger charge is -2.14. The van der Waals surface area contributed by atoms with Crippen molar-refractivity contribution in [1.29, 1.82) is 0 Å². The Bertz CT molecular complexity index is 676. The van der Waals surface area contributed by atoms with E-state index in [0.717, 1.165) is 9.65 Å². The summed E-state index contributed by atoms with van der Waals surface area (Å²) in [6.07, 6.45) is 2.84. The zero-order chi connectivity index (χ0) is 14.8. The molecule has 0 aliphatic heterocycles. The Labute approximate surface area is 119 Å². The number of hydrogen-bond acceptors (Lipinski definition) is 4. The Balaban J connectivity index is 2.61. The molecule has 1 aromatic heterocycles. The van der Waals surface area contributed by atoms with Gasteiger partial charge in [0.2, 0.25) is 0 Å². The molecule has 0 bridgehead atoms. The first-order valence-corrected chi connectivity index (χ1v) is 7.92. The van der Waals surface area contributed by atoms with Crippen molar-refractivity contribution in [1.82, 2.24) is 9.19 Å². The lowest BCUT2D eigenvalue weighted by molar-refractivity contribution is 0.330. The number of benzene rings is 1. The topological polar surface area (TPSA) is 61.2 Å². The van der Waals surface area contributed by atoms with Crippen molar-refractivity contribution in [3.63, 3.8) is 0 Å². The van der Waals surface area contributed by atoms with Gasteiger partial charge in [-0.1, -0.05) is 19.9 Å². The van der Waals surface area contributed by atoms with Crippen molar-refractivity contribution in [2.45, 2.75) is 31.6 Å². The van der Waals surface area contributed by atoms with Gasteiger partial charge < -0.3 is 4.74 Å². The third-order valence-corrected chi connectivity index (χ3v) is 4.52. The van der Waals surface area contributed by atoms with Crippen LogP contribution in [0.1, 0.15) is 32.3 Å². The number of rotatable bonds is 5. The van der Waals surface area contributed by atoms with Crippen LogP contribution in [0.2, 0.25) is 0 Å². The smallest absolute Gasteiger partial charge is 0.286 e. The molecule has 0 amide bonds. The maximum atomic E-state index is 12.6. The third kappa shape index (κ3) is 2.70. The molecule has 0 saturated carbocycles. The molecule has 0 unspecified atom stereocenters. The van der Waals surface area contributed by atoms with Crippen molar-refractivity contribution in [3.05, 3.63) is 42.2 Å². The fourth-order valence-electron chi connectivity index (χ4n) is 1.86. The highest BCUT2D eigenvalue weighted by Gasteiger charge is 2.23. The van der Waals surface area contributed by atoms with Crippen LogP contribution in [0.25, 0.3) is 0 Å². The average Bonchev–Trinajstić information content (AvgIpc) is 2.93. The van der Waals surface area contributed by atoms with Crippen molar-refractivity contribution in [2.24, 2.45) is 0 Å². The normalized spacial score (nSPS) is 11.8. The standard InChI is InChI=1S/C14H18N2O3S/c1-4-19-13-7-6-12(11(2)3)10-14(13)20(17,18)16-9-5-8-15-16/h5-11H,4H2,1-3H3. The second-order valence-electron chi connectivity index (χ2n) is 4.68. The SMILES string of the molecule is CCOc1ccc(C(C)C)cc1S(=O)(=O)n1cccn1. The second-order valence-corrected chi connectivity index (χ2v) is 6.44. The molecule has 0 aliphatic rings. The Morgan fingerprint density at radius 3 is 2.65 bits per heavy atom. The van der Waals surface area contributed by atoms with E-state index in [1.807, 2.05) is 26.8 Å². The summed E-state index contributed by atoms with van der Waals surface area (Å²) in [6.45, 7) is 6.25. The van der Waals surface area contributed by atoms with E-state index in [1.165, 1.54) is 12.4 Å². The van der Waals surface area contributed by atoms with Gasteiger partial charge in [0.05, 0.1) is 12.8 Å². The molecule has 0 radical (unpaired) electrons. The number of nitrogens with zero attached hydrogens (tertiary/aromatic N) is 2. The van der Waals surface area contributed by atoms with Gasteiger partial charge in [-0.2, -0.15) is 17.6 Å². The highest BCUT2D eigenvalue weighted by atomic mass is 32.2. The van der Waals surface area contributed by atoms with Crippen LogP contribution in [0.4, 0.5) is 0 Å². The molecule has 2 rings (SSSR count). The molecule has 2 aromatic rings. The van der Waals surface area contributed by atoms with Gasteiger partial charge in [0, 0.05) is 6.20 Å². The molecule has 0 fully saturated rings. The summed E-state index contributed by atoms with van der Waals surface area (Å²) in [6, 6.07) is 6.82. The Morgan fingerprint density at radius 1 is 1.35 bits per heavy atom. The first-order chi connectivity index (χ1) is 9.46. The average molecular weight is 294 g/mol. The molecule has 0 saturated heterocycles. The van der Waals surface area contributed by atoms with Crippen LogP contribution in [-0.2, 0) is 10.0 Å². The van der Waals surface area contributed by atoms with Crippen molar-refractivity contribution in [3.8, 4) is 5.75 Å². The Kier molecular flexibility index (Phi) is 4.13. The van der Waals surface area contributed by atoms with E-state index in [4.69, 9.17) is 4.74 Å². The number of aromatic nitrogens is 2. The number of hydrogen-bond donors (Lipinski definition) is 0. The highest BCUT2D eigenvalue weighted by Crippen LogP contribution is 2.29. The lowest BCUT2D eigenvalue weighted by Crippen LogP contribution is -2.15. The zero-order valence-corrected chi connectivity index (χ0v) is 12.6. The van der Waals surface area contributed by atoms with Gasteiger partial charge in [0.1, 0.15) is 10.6 Å². The van der Waals surface area contributed by atoms with Gasteiger partial charge in [-0.05, 0) is 36.6 Å². The van der Waals surface area contributed by atoms with Crippen LogP contribution < -0.4 is 4.74 Å². The molecule has 6 heteroatoms. The van der Waals surface area contributed by atoms with E-state index < -0.39 is 10.0 Å². The van der Waals surface area contributed by atoms with Crippen molar-refractivity contribution >= 4 is 10.0 Å². The molecule has 0 aliphatic carbocycles. The van der Waals surface area contributed by atoms with Gasteiger partial charge in [0.15, 0.2) is 0 Å². The highest BCUT2D eigenvalue weighted by molar-refractivity contribution is 7.90. The maximum Gasteiger partial charge on any atom is 0.286 e. The monoisotopic (exact) mass is 294 g/mol. The van der Waals surface area contributed by atoms with Gasteiger partial charge >= 0.3 is 0 Å². The van der Waals surface area contributed by atoms with E-state index in [9.17, 15) is 8.42 Å². The van der Waals surface area contributed by atoms with Crippen LogP contribution in [0.3, 0.4) is 0 Å². The molecule has 0 spiro atoms. The maximum absolute atomic E-state index is 12.6. The molecule has 20 heavy (non-hydrogen) atoms. The van der Waals surface area contributed by atoms with E-state index >= 15 is 0 Å². The number of ether oxygens (including phenoxy) is 1. The predicted molar refractivity (Wildman–Crippen MR) is 76.5 cm³/mol. The Hall–Kier alpha value is -1.82. The quantitative estimate of drug-likeness (QED) is 0.850. The second kappa shape index (κ2) is 5.66. The minimum atomic E-state index is -3.72. The molecule has 1 aromatic carbocycles. The van der Waals surface area contributed by atoms with E-state index in [1.54, 1.807) is 18.2 Å². The van der Waals surface area contributed by atoms with Crippen LogP contribution in [0, 0.1) is 0 Å². The molecule has 0 N–H and O–H groups in total. The predicted octanol–water partition coefficient (Wildman–Crippen LogP) is 2.64. The van der Waals surface area contributed by atoms with Crippen LogP contribution in [-0.4, -0.2) is 24.2 Å². The fraction of sp³-hybridized carbons (Fsp3) is 0.357. The van der Waals surface area contributed by atoms with E-state index in [0.29, 0.717) is 12.4 Å². The molecular weight excluding hydrogens is 276 g/mol. The Morgan fingerprint density at radius 2 is 2.10 bits per heavy atom. The minimum absolute atomic E-state index is 0.147. The first-order valence-electron chi connectivity index (χ1n) is 6.48. The summed E-state index contributed by atoms with van der Waals surface area (Å²) in [5.41, 5.74) is 0.944. The summed E-state index contributed by atoms with van der Waals surface area (Å²) in [4.78, 5) is 0.147. The van der Waals surface area contributed by atoms with Crippen LogP contribution >= 0.6 is 0 Å². The summed E-state index contributed by atoms with van der Waals surface area (Å²) in [5.74, 6) is 0.588. The largest absolute Gasteiger partial charge is 0.492 e. The zero-order valence-electron chi connectivity index (χ0n) is 11.8. The molecule has 108 valence electrons. The third-order valence-electron chi connectivity index (χ3n) is 2.94. The van der Waals surface area contributed by atoms with Gasteiger partial charge in [-0.15, -0.1) is 0 Å². The summed E-state index contributed by atoms with van der Waals surface area (Å²) < 4.78 is 31.6. The van der Waals surface area contributed by atoms with Crippen molar-refractivity contribution in [2.75, 3.05) is 6.61 Å². The fourth-order valence-corrected chi connectivity index (χ4v) is 3.13. The van der Waals surface area contributed by atoms with Crippen LogP contribution in [0.5, 0.6) is 5.75 Å². The van der Waals surface area contributed by atoms with E-state index in [-0.39, 0.29) is 10.8 Å².